The van der Waals surface area contributed by atoms with Crippen LogP contribution in [0, 0.1) is 11.3 Å². The molecule has 0 bridgehead atoms. The number of esters is 1. The summed E-state index contributed by atoms with van der Waals surface area (Å²) in [7, 11) is 0. The molecule has 9 heteroatoms. The first-order chi connectivity index (χ1) is 19.7. The summed E-state index contributed by atoms with van der Waals surface area (Å²) in [5.41, 5.74) is 2.00. The molecule has 4 rings (SSSR count). The highest BCUT2D eigenvalue weighted by Crippen LogP contribution is 2.48. The molecule has 0 aromatic heterocycles. The van der Waals surface area contributed by atoms with E-state index < -0.39 is 23.9 Å². The number of hydrogen-bond acceptors (Lipinski definition) is 8. The summed E-state index contributed by atoms with van der Waals surface area (Å²) in [5.74, 6) is -0.945. The number of nitrogens with zero attached hydrogens (tertiary/aromatic N) is 1. The maximum absolute atomic E-state index is 13.5. The van der Waals surface area contributed by atoms with Crippen molar-refractivity contribution in [2.24, 2.45) is 16.3 Å². The normalized spacial score (nSPS) is 20.7. The van der Waals surface area contributed by atoms with Gasteiger partial charge in [-0.25, -0.2) is 4.79 Å². The highest BCUT2D eigenvalue weighted by atomic mass is 35.5. The van der Waals surface area contributed by atoms with Gasteiger partial charge in [-0.2, -0.15) is 0 Å². The average Bonchev–Trinajstić information content (AvgIpc) is 2.93. The molecule has 0 radical (unpaired) electrons. The van der Waals surface area contributed by atoms with Crippen LogP contribution in [0.15, 0.2) is 70.9 Å². The summed E-state index contributed by atoms with van der Waals surface area (Å²) in [6.07, 6.45) is 0.348. The molecule has 2 aliphatic rings. The quantitative estimate of drug-likeness (QED) is 0.259. The number of aliphatic hydroxyl groups is 1. The highest BCUT2D eigenvalue weighted by molar-refractivity contribution is 6.31. The van der Waals surface area contributed by atoms with Crippen molar-refractivity contribution in [1.29, 1.82) is 0 Å². The van der Waals surface area contributed by atoms with Crippen LogP contribution in [0.4, 0.5) is 0 Å². The van der Waals surface area contributed by atoms with E-state index in [1.54, 1.807) is 13.0 Å². The number of rotatable bonds is 13. The van der Waals surface area contributed by atoms with E-state index in [1.807, 2.05) is 48.5 Å². The van der Waals surface area contributed by atoms with Gasteiger partial charge in [-0.3, -0.25) is 9.79 Å². The van der Waals surface area contributed by atoms with Crippen molar-refractivity contribution < 1.29 is 28.9 Å². The number of nitrogens with one attached hydrogen (secondary N) is 1. The summed E-state index contributed by atoms with van der Waals surface area (Å²) >= 11 is 6.64. The Morgan fingerprint density at radius 3 is 2.59 bits per heavy atom. The zero-order chi connectivity index (χ0) is 29.4. The van der Waals surface area contributed by atoms with Gasteiger partial charge in [0.2, 0.25) is 0 Å². The molecule has 2 aromatic rings. The van der Waals surface area contributed by atoms with Gasteiger partial charge in [0.25, 0.3) is 0 Å². The van der Waals surface area contributed by atoms with Gasteiger partial charge in [0.1, 0.15) is 24.2 Å². The summed E-state index contributed by atoms with van der Waals surface area (Å²) in [6, 6.07) is 16.6. The number of carbonyl (C=O) groups excluding carboxylic acids is 2. The predicted molar refractivity (Wildman–Crippen MR) is 158 cm³/mol. The minimum absolute atomic E-state index is 0.0469. The minimum atomic E-state index is -0.682. The maximum atomic E-state index is 13.5. The van der Waals surface area contributed by atoms with E-state index in [0.29, 0.717) is 60.1 Å². The highest BCUT2D eigenvalue weighted by Gasteiger charge is 2.48. The second-order valence-corrected chi connectivity index (χ2v) is 11.6. The lowest BCUT2D eigenvalue weighted by atomic mass is 9.63. The Balaban J connectivity index is 1.46. The molecule has 220 valence electrons. The van der Waals surface area contributed by atoms with E-state index >= 15 is 0 Å². The molecular formula is C32H39ClN2O6. The topological polar surface area (TPSA) is 106 Å². The third-order valence-corrected chi connectivity index (χ3v) is 7.56. The van der Waals surface area contributed by atoms with Crippen molar-refractivity contribution in [3.63, 3.8) is 0 Å². The van der Waals surface area contributed by atoms with Gasteiger partial charge >= 0.3 is 5.97 Å². The lowest BCUT2D eigenvalue weighted by Crippen LogP contribution is -2.44. The fraction of sp³-hybridized carbons (Fsp3) is 0.469. The summed E-state index contributed by atoms with van der Waals surface area (Å²) in [4.78, 5) is 31.8. The standard InChI is InChI=1S/C32H39ClN2O6/c1-4-40-31(38)30-26(20-39-15-14-34-18-21(36)19-41-22-10-6-5-7-11-22)35-25-16-32(2,3)17-27(37)29(25)28(30)23-12-8-9-13-24(23)33/h5-13,21,28-29,34,36H,4,14-20H2,1-3H3. The first kappa shape index (κ1) is 30.9. The molecular weight excluding hydrogens is 544 g/mol. The monoisotopic (exact) mass is 582 g/mol. The van der Waals surface area contributed by atoms with Crippen LogP contribution in [0.3, 0.4) is 0 Å². The summed E-state index contributed by atoms with van der Waals surface area (Å²) < 4.78 is 17.0. The van der Waals surface area contributed by atoms with Crippen LogP contribution in [0.2, 0.25) is 5.02 Å². The van der Waals surface area contributed by atoms with E-state index in [9.17, 15) is 14.7 Å². The van der Waals surface area contributed by atoms with Crippen LogP contribution >= 0.6 is 11.6 Å². The number of carbonyl (C=O) groups is 2. The minimum Gasteiger partial charge on any atom is -0.491 e. The molecule has 0 amide bonds. The molecule has 1 saturated carbocycles. The van der Waals surface area contributed by atoms with Crippen LogP contribution in [-0.4, -0.2) is 68.2 Å². The van der Waals surface area contributed by atoms with Gasteiger partial charge in [0.05, 0.1) is 37.0 Å². The third kappa shape index (κ3) is 8.04. The van der Waals surface area contributed by atoms with E-state index in [1.165, 1.54) is 0 Å². The van der Waals surface area contributed by atoms with E-state index in [2.05, 4.69) is 19.2 Å². The smallest absolute Gasteiger partial charge is 0.336 e. The number of ketones is 1. The Labute approximate surface area is 246 Å². The number of aliphatic imine (C=N–C) groups is 1. The number of halogens is 1. The lowest BCUT2D eigenvalue weighted by Gasteiger charge is -2.41. The van der Waals surface area contributed by atoms with Crippen molar-refractivity contribution in [3.05, 3.63) is 76.5 Å². The van der Waals surface area contributed by atoms with Gasteiger partial charge in [-0.05, 0) is 42.5 Å². The van der Waals surface area contributed by atoms with Gasteiger partial charge in [0, 0.05) is 36.2 Å². The first-order valence-electron chi connectivity index (χ1n) is 14.1. The number of Topliss-reactive ketones (excluding diaryl/α,β-unsaturated/α-hetero) is 1. The lowest BCUT2D eigenvalue weighted by molar-refractivity contribution is -0.139. The Hall–Kier alpha value is -3.04. The number of ether oxygens (including phenoxy) is 3. The van der Waals surface area contributed by atoms with Crippen LogP contribution in [0.5, 0.6) is 5.75 Å². The Kier molecular flexibility index (Phi) is 10.7. The Bertz CT molecular complexity index is 1280. The Morgan fingerprint density at radius 2 is 1.85 bits per heavy atom. The molecule has 1 fully saturated rings. The number of aliphatic hydroxyl groups excluding tert-OH is 1. The summed E-state index contributed by atoms with van der Waals surface area (Å²) in [5, 5.41) is 13.8. The van der Waals surface area contributed by atoms with Gasteiger partial charge in [-0.1, -0.05) is 61.8 Å². The number of benzene rings is 2. The van der Waals surface area contributed by atoms with Crippen LogP contribution in [0.25, 0.3) is 0 Å². The average molecular weight is 583 g/mol. The molecule has 0 spiro atoms. The summed E-state index contributed by atoms with van der Waals surface area (Å²) in [6.45, 7) is 7.42. The van der Waals surface area contributed by atoms with E-state index in [4.69, 9.17) is 30.8 Å². The van der Waals surface area contributed by atoms with Gasteiger partial charge in [0.15, 0.2) is 0 Å². The van der Waals surface area contributed by atoms with Gasteiger partial charge in [-0.15, -0.1) is 0 Å². The number of hydrogen-bond donors (Lipinski definition) is 2. The molecule has 1 aliphatic carbocycles. The van der Waals surface area contributed by atoms with E-state index in [-0.39, 0.29) is 31.0 Å². The number of fused-ring (bicyclic) bond motifs is 1. The SMILES string of the molecule is CCOC(=O)C1=C(COCCNCC(O)COc2ccccc2)N=C2CC(C)(C)CC(=O)C2C1c1ccccc1Cl. The molecule has 41 heavy (non-hydrogen) atoms. The van der Waals surface area contributed by atoms with Crippen LogP contribution < -0.4 is 10.1 Å². The second kappa shape index (κ2) is 14.2. The van der Waals surface area contributed by atoms with Crippen molar-refractivity contribution in [2.75, 3.05) is 39.5 Å². The first-order valence-corrected chi connectivity index (χ1v) is 14.5. The molecule has 8 nitrogen and oxygen atoms in total. The van der Waals surface area contributed by atoms with E-state index in [0.717, 1.165) is 5.71 Å². The fourth-order valence-electron chi connectivity index (χ4n) is 5.47. The van der Waals surface area contributed by atoms with Crippen molar-refractivity contribution >= 4 is 29.1 Å². The van der Waals surface area contributed by atoms with Crippen LogP contribution in [0.1, 0.15) is 45.1 Å². The second-order valence-electron chi connectivity index (χ2n) is 11.2. The maximum Gasteiger partial charge on any atom is 0.336 e. The Morgan fingerprint density at radius 1 is 1.12 bits per heavy atom. The zero-order valence-corrected chi connectivity index (χ0v) is 24.7. The molecule has 2 aromatic carbocycles. The van der Waals surface area contributed by atoms with Crippen molar-refractivity contribution in [3.8, 4) is 5.75 Å². The molecule has 1 aliphatic heterocycles. The molecule has 3 unspecified atom stereocenters. The molecule has 0 saturated heterocycles. The van der Waals surface area contributed by atoms with Crippen molar-refractivity contribution in [2.45, 2.75) is 45.6 Å². The molecule has 3 atom stereocenters. The van der Waals surface area contributed by atoms with Crippen LogP contribution in [-0.2, 0) is 19.1 Å². The third-order valence-electron chi connectivity index (χ3n) is 7.22. The predicted octanol–water partition coefficient (Wildman–Crippen LogP) is 4.75. The largest absolute Gasteiger partial charge is 0.491 e. The van der Waals surface area contributed by atoms with Crippen molar-refractivity contribution in [1.82, 2.24) is 5.32 Å². The molecule has 1 heterocycles. The fourth-order valence-corrected chi connectivity index (χ4v) is 5.73. The van der Waals surface area contributed by atoms with Gasteiger partial charge < -0.3 is 24.6 Å². The zero-order valence-electron chi connectivity index (χ0n) is 23.9. The number of para-hydroxylation sites is 1. The molecule has 2 N–H and O–H groups in total.